The lowest BCUT2D eigenvalue weighted by molar-refractivity contribution is -0.116. The number of fused-ring (bicyclic) bond motifs is 1. The highest BCUT2D eigenvalue weighted by Crippen LogP contribution is 2.18. The third kappa shape index (κ3) is 2.48. The number of hydrogen-bond acceptors (Lipinski definition) is 5. The predicted molar refractivity (Wildman–Crippen MR) is 75.0 cm³/mol. The average molecular weight is 285 g/mol. The summed E-state index contributed by atoms with van der Waals surface area (Å²) >= 11 is 0. The molecule has 0 atom stereocenters. The number of aromatic nitrogens is 2. The fraction of sp³-hybridized carbons (Fsp3) is 0.0714. The Morgan fingerprint density at radius 3 is 2.90 bits per heavy atom. The topological polar surface area (TPSA) is 97.4 Å². The number of pyridine rings is 1. The number of para-hydroxylation sites is 2. The molecule has 1 aromatic carbocycles. The van der Waals surface area contributed by atoms with E-state index < -0.39 is 11.7 Å². The molecule has 0 aliphatic carbocycles. The van der Waals surface area contributed by atoms with Gasteiger partial charge in [-0.2, -0.15) is 0 Å². The van der Waals surface area contributed by atoms with E-state index in [2.05, 4.69) is 10.3 Å². The number of carbonyl (C=O) groups is 1. The number of benzene rings is 1. The van der Waals surface area contributed by atoms with Gasteiger partial charge in [-0.05, 0) is 24.3 Å². The van der Waals surface area contributed by atoms with Gasteiger partial charge in [-0.15, -0.1) is 0 Å². The van der Waals surface area contributed by atoms with Gasteiger partial charge < -0.3 is 14.8 Å². The highest BCUT2D eigenvalue weighted by Gasteiger charge is 2.13. The normalized spacial score (nSPS) is 10.7. The van der Waals surface area contributed by atoms with E-state index in [1.165, 1.54) is 16.8 Å². The lowest BCUT2D eigenvalue weighted by Gasteiger charge is -2.06. The van der Waals surface area contributed by atoms with Crippen LogP contribution in [0.1, 0.15) is 0 Å². The van der Waals surface area contributed by atoms with Crippen molar-refractivity contribution in [3.05, 3.63) is 53.1 Å². The Morgan fingerprint density at radius 2 is 2.10 bits per heavy atom. The van der Waals surface area contributed by atoms with Crippen molar-refractivity contribution in [2.75, 3.05) is 5.32 Å². The molecule has 3 rings (SSSR count). The van der Waals surface area contributed by atoms with Crippen LogP contribution in [0.5, 0.6) is 5.75 Å². The van der Waals surface area contributed by atoms with E-state index in [0.717, 1.165) is 0 Å². The van der Waals surface area contributed by atoms with Crippen LogP contribution < -0.4 is 11.1 Å². The fourth-order valence-electron chi connectivity index (χ4n) is 1.97. The number of nitrogens with one attached hydrogen (secondary N) is 1. The van der Waals surface area contributed by atoms with Gasteiger partial charge in [-0.1, -0.05) is 12.1 Å². The summed E-state index contributed by atoms with van der Waals surface area (Å²) in [5, 5.41) is 12.0. The number of aromatic hydroxyl groups is 1. The Bertz CT molecular complexity index is 866. The zero-order chi connectivity index (χ0) is 14.8. The SMILES string of the molecule is O=C(Cn1c(=O)oc2ccccc21)Nc1ncccc1O. The van der Waals surface area contributed by atoms with Crippen molar-refractivity contribution in [3.63, 3.8) is 0 Å². The van der Waals surface area contributed by atoms with E-state index >= 15 is 0 Å². The molecule has 2 heterocycles. The number of oxazole rings is 1. The minimum atomic E-state index is -0.614. The molecular weight excluding hydrogens is 274 g/mol. The second kappa shape index (κ2) is 5.12. The molecule has 106 valence electrons. The summed E-state index contributed by atoms with van der Waals surface area (Å²) in [6, 6.07) is 9.76. The number of carbonyl (C=O) groups excluding carboxylic acids is 1. The molecule has 7 nitrogen and oxygen atoms in total. The summed E-state index contributed by atoms with van der Waals surface area (Å²) in [7, 11) is 0. The smallest absolute Gasteiger partial charge is 0.420 e. The van der Waals surface area contributed by atoms with E-state index in [4.69, 9.17) is 4.42 Å². The first-order chi connectivity index (χ1) is 10.1. The monoisotopic (exact) mass is 285 g/mol. The zero-order valence-corrected chi connectivity index (χ0v) is 10.8. The third-order valence-electron chi connectivity index (χ3n) is 2.92. The molecule has 1 amide bonds. The van der Waals surface area contributed by atoms with Crippen LogP contribution in [0, 0.1) is 0 Å². The van der Waals surface area contributed by atoms with E-state index in [-0.39, 0.29) is 18.1 Å². The molecule has 0 aliphatic heterocycles. The second-order valence-electron chi connectivity index (χ2n) is 4.34. The maximum atomic E-state index is 12.0. The Hall–Kier alpha value is -3.09. The molecule has 7 heteroatoms. The van der Waals surface area contributed by atoms with Crippen LogP contribution in [-0.4, -0.2) is 20.6 Å². The van der Waals surface area contributed by atoms with Gasteiger partial charge in [0, 0.05) is 6.20 Å². The van der Waals surface area contributed by atoms with Crippen LogP contribution in [-0.2, 0) is 11.3 Å². The van der Waals surface area contributed by atoms with Crippen LogP contribution in [0.15, 0.2) is 51.8 Å². The van der Waals surface area contributed by atoms with E-state index in [9.17, 15) is 14.7 Å². The van der Waals surface area contributed by atoms with Gasteiger partial charge in [-0.25, -0.2) is 9.78 Å². The fourth-order valence-corrected chi connectivity index (χ4v) is 1.97. The van der Waals surface area contributed by atoms with Crippen molar-refractivity contribution < 1.29 is 14.3 Å². The third-order valence-corrected chi connectivity index (χ3v) is 2.92. The molecular formula is C14H11N3O4. The summed E-state index contributed by atoms with van der Waals surface area (Å²) in [6.45, 7) is -0.230. The van der Waals surface area contributed by atoms with Crippen LogP contribution in [0.2, 0.25) is 0 Å². The molecule has 2 N–H and O–H groups in total. The molecule has 0 bridgehead atoms. The van der Waals surface area contributed by atoms with Crippen molar-refractivity contribution >= 4 is 22.8 Å². The number of anilines is 1. The van der Waals surface area contributed by atoms with Gasteiger partial charge in [0.15, 0.2) is 17.2 Å². The second-order valence-corrected chi connectivity index (χ2v) is 4.34. The standard InChI is InChI=1S/C14H11N3O4/c18-10-5-3-7-15-13(10)16-12(19)8-17-9-4-1-2-6-11(9)21-14(17)20/h1-7,18H,8H2,(H,15,16,19). The number of amides is 1. The van der Waals surface area contributed by atoms with Crippen molar-refractivity contribution in [1.82, 2.24) is 9.55 Å². The zero-order valence-electron chi connectivity index (χ0n) is 10.8. The largest absolute Gasteiger partial charge is 0.504 e. The Balaban J connectivity index is 1.86. The molecule has 21 heavy (non-hydrogen) atoms. The van der Waals surface area contributed by atoms with Crippen LogP contribution in [0.25, 0.3) is 11.1 Å². The summed E-state index contributed by atoms with van der Waals surface area (Å²) in [5.41, 5.74) is 0.943. The molecule has 0 aliphatic rings. The summed E-state index contributed by atoms with van der Waals surface area (Å²) in [5.74, 6) is -1.20. The number of rotatable bonds is 3. The van der Waals surface area contributed by atoms with Gasteiger partial charge in [0.05, 0.1) is 5.52 Å². The predicted octanol–water partition coefficient (Wildman–Crippen LogP) is 1.33. The maximum Gasteiger partial charge on any atom is 0.420 e. The Kier molecular flexibility index (Phi) is 3.15. The Morgan fingerprint density at radius 1 is 1.29 bits per heavy atom. The first kappa shape index (κ1) is 12.9. The summed E-state index contributed by atoms with van der Waals surface area (Å²) in [4.78, 5) is 27.5. The van der Waals surface area contributed by atoms with Crippen molar-refractivity contribution in [1.29, 1.82) is 0 Å². The molecule has 0 unspecified atom stereocenters. The van der Waals surface area contributed by atoms with Crippen LogP contribution in [0.4, 0.5) is 5.82 Å². The van der Waals surface area contributed by atoms with E-state index in [1.54, 1.807) is 30.3 Å². The lowest BCUT2D eigenvalue weighted by atomic mass is 10.3. The van der Waals surface area contributed by atoms with Crippen molar-refractivity contribution in [3.8, 4) is 5.75 Å². The first-order valence-electron chi connectivity index (χ1n) is 6.17. The van der Waals surface area contributed by atoms with Gasteiger partial charge in [0.2, 0.25) is 5.91 Å². The summed E-state index contributed by atoms with van der Waals surface area (Å²) < 4.78 is 6.25. The highest BCUT2D eigenvalue weighted by molar-refractivity contribution is 5.91. The van der Waals surface area contributed by atoms with Gasteiger partial charge in [0.1, 0.15) is 6.54 Å². The molecule has 0 spiro atoms. The quantitative estimate of drug-likeness (QED) is 0.756. The van der Waals surface area contributed by atoms with Gasteiger partial charge in [-0.3, -0.25) is 9.36 Å². The van der Waals surface area contributed by atoms with E-state index in [0.29, 0.717) is 11.1 Å². The molecule has 0 saturated carbocycles. The molecule has 3 aromatic rings. The summed E-state index contributed by atoms with van der Waals surface area (Å²) in [6.07, 6.45) is 1.44. The van der Waals surface area contributed by atoms with Gasteiger partial charge >= 0.3 is 5.76 Å². The number of nitrogens with zero attached hydrogens (tertiary/aromatic N) is 2. The first-order valence-corrected chi connectivity index (χ1v) is 6.17. The van der Waals surface area contributed by atoms with Crippen LogP contribution >= 0.6 is 0 Å². The van der Waals surface area contributed by atoms with Crippen molar-refractivity contribution in [2.24, 2.45) is 0 Å². The highest BCUT2D eigenvalue weighted by atomic mass is 16.4. The van der Waals surface area contributed by atoms with E-state index in [1.807, 2.05) is 0 Å². The van der Waals surface area contributed by atoms with Crippen molar-refractivity contribution in [2.45, 2.75) is 6.54 Å². The van der Waals surface area contributed by atoms with Gasteiger partial charge in [0.25, 0.3) is 0 Å². The lowest BCUT2D eigenvalue weighted by Crippen LogP contribution is -2.25. The minimum absolute atomic E-state index is 0.0448. The molecule has 0 fully saturated rings. The maximum absolute atomic E-state index is 12.0. The average Bonchev–Trinajstić information content (AvgIpc) is 2.78. The minimum Gasteiger partial charge on any atom is -0.504 e. The molecule has 2 aromatic heterocycles. The molecule has 0 saturated heterocycles. The molecule has 0 radical (unpaired) electrons. The Labute approximate surface area is 118 Å². The number of hydrogen-bond donors (Lipinski definition) is 2. The van der Waals surface area contributed by atoms with Crippen LogP contribution in [0.3, 0.4) is 0 Å².